The Labute approximate surface area is 306 Å². The fourth-order valence-corrected chi connectivity index (χ4v) is 7.45. The highest BCUT2D eigenvalue weighted by Crippen LogP contribution is 2.48. The van der Waals surface area contributed by atoms with E-state index >= 15 is 0 Å². The van der Waals surface area contributed by atoms with Gasteiger partial charge in [-0.1, -0.05) is 55.9 Å². The smallest absolute Gasteiger partial charge is 0.405 e. The lowest BCUT2D eigenvalue weighted by atomic mass is 9.97. The number of nitrogens with one attached hydrogen (secondary N) is 1. The molecule has 0 bridgehead atoms. The van der Waals surface area contributed by atoms with Gasteiger partial charge in [0.15, 0.2) is 22.5 Å². The maximum absolute atomic E-state index is 14.0. The number of carbonyl (C=O) groups excluding carboxylic acids is 2. The quantitative estimate of drug-likeness (QED) is 0.0624. The molecule has 51 heavy (non-hydrogen) atoms. The lowest BCUT2D eigenvalue weighted by Crippen LogP contribution is -2.40. The summed E-state index contributed by atoms with van der Waals surface area (Å²) in [6.07, 6.45) is -1.92. The predicted molar refractivity (Wildman–Crippen MR) is 193 cm³/mol. The number of halogens is 1. The zero-order valence-corrected chi connectivity index (χ0v) is 32.0. The van der Waals surface area contributed by atoms with E-state index in [1.807, 2.05) is 30.3 Å². The first-order chi connectivity index (χ1) is 24.0. The Morgan fingerprint density at radius 2 is 1.94 bits per heavy atom. The number of thioether (sulfide) groups is 1. The van der Waals surface area contributed by atoms with Crippen LogP contribution in [-0.4, -0.2) is 91.0 Å². The van der Waals surface area contributed by atoms with Crippen LogP contribution in [0.15, 0.2) is 36.7 Å². The van der Waals surface area contributed by atoms with Gasteiger partial charge in [0.2, 0.25) is 11.8 Å². The van der Waals surface area contributed by atoms with Crippen LogP contribution in [0.1, 0.15) is 53.3 Å². The van der Waals surface area contributed by atoms with Gasteiger partial charge >= 0.3 is 13.7 Å². The molecule has 3 heterocycles. The molecule has 4 rings (SSSR count). The number of aliphatic hydroxyl groups excluding tert-OH is 1. The molecule has 19 heteroatoms. The third-order valence-corrected chi connectivity index (χ3v) is 11.2. The van der Waals surface area contributed by atoms with Gasteiger partial charge in [0, 0.05) is 12.3 Å². The molecular weight excluding hydrogens is 725 g/mol. The average Bonchev–Trinajstić information content (AvgIpc) is 3.60. The number of rotatable bonds is 18. The Hall–Kier alpha value is -2.86. The monoisotopic (exact) mass is 771 g/mol. The van der Waals surface area contributed by atoms with Crippen LogP contribution in [0.5, 0.6) is 5.88 Å². The summed E-state index contributed by atoms with van der Waals surface area (Å²) < 4.78 is 44.1. The Kier molecular flexibility index (Phi) is 13.9. The minimum atomic E-state index is -4.06. The van der Waals surface area contributed by atoms with E-state index < -0.39 is 48.5 Å². The number of nitrogens with two attached hydrogens (primary N) is 2. The van der Waals surface area contributed by atoms with Crippen LogP contribution in [-0.2, 0) is 39.2 Å². The van der Waals surface area contributed by atoms with E-state index in [1.165, 1.54) is 10.9 Å². The number of esters is 1. The molecule has 0 saturated carbocycles. The number of hydrogen-bond donors (Lipinski definition) is 4. The molecule has 16 nitrogen and oxygen atoms in total. The van der Waals surface area contributed by atoms with E-state index in [2.05, 4.69) is 20.0 Å². The van der Waals surface area contributed by atoms with Crippen molar-refractivity contribution >= 4 is 59.3 Å². The summed E-state index contributed by atoms with van der Waals surface area (Å²) in [6.45, 7) is 10.1. The number of ether oxygens (including phenoxy) is 3. The molecule has 0 unspecified atom stereocenters. The summed E-state index contributed by atoms with van der Waals surface area (Å²) >= 11 is 7.81. The molecule has 6 N–H and O–H groups in total. The van der Waals surface area contributed by atoms with Crippen molar-refractivity contribution in [3.63, 3.8) is 0 Å². The van der Waals surface area contributed by atoms with Crippen molar-refractivity contribution in [2.45, 2.75) is 77.4 Å². The van der Waals surface area contributed by atoms with Gasteiger partial charge in [-0.15, -0.1) is 11.6 Å². The number of aromatic nitrogens is 4. The molecular formula is C32H47ClN7O9PS. The van der Waals surface area contributed by atoms with E-state index in [9.17, 15) is 19.3 Å². The van der Waals surface area contributed by atoms with Crippen molar-refractivity contribution in [2.75, 3.05) is 37.9 Å². The van der Waals surface area contributed by atoms with Gasteiger partial charge in [-0.25, -0.2) is 14.6 Å². The van der Waals surface area contributed by atoms with Gasteiger partial charge in [0.1, 0.15) is 29.7 Å². The lowest BCUT2D eigenvalue weighted by molar-refractivity contribution is -0.150. The second-order valence-electron chi connectivity index (χ2n) is 13.1. The topological polar surface area (TPSA) is 225 Å². The van der Waals surface area contributed by atoms with Crippen LogP contribution in [0.4, 0.5) is 5.95 Å². The second kappa shape index (κ2) is 17.3. The number of imidazole rings is 1. The number of benzene rings is 1. The third kappa shape index (κ3) is 10.2. The zero-order chi connectivity index (χ0) is 37.6. The number of fused-ring (bicyclic) bond motifs is 1. The highest BCUT2D eigenvalue weighted by atomic mass is 35.5. The number of hydrogen-bond acceptors (Lipinski definition) is 15. The standard InChI is InChI=1S/C32H47ClN7O9PS/c1-7-45-26-23-25(38-30(35)39-26)40(18-36-23)28-32(6,33)24(41)21(49-28)16-48-50(44,37-15-20-11-9-8-10-12-20)47-13-14-51-29(43)31(4,5)17-46-27(42)22(34)19(2)3/h8-12,18-19,21-22,24,28,41H,7,13-17,34H2,1-6H3,(H,37,44)(H2,35,38,39)/t21-,22-,24-,28-,32-,50+/m1/s1. The largest absolute Gasteiger partial charge is 0.476 e. The molecule has 0 radical (unpaired) electrons. The SMILES string of the molecule is CCOc1nc(N)nc2c1ncn2[C@@H]1O[C@H](CO[P@](=O)(NCc2ccccc2)OCCSC(=O)C(C)(C)COC(=O)[C@H](N)C(C)C)[C@@H](O)[C@@]1(C)Cl. The fraction of sp³-hybridized carbons (Fsp3) is 0.594. The average molecular weight is 772 g/mol. The Balaban J connectivity index is 1.41. The molecule has 1 aromatic carbocycles. The summed E-state index contributed by atoms with van der Waals surface area (Å²) in [4.78, 5) is 36.5. The maximum Gasteiger partial charge on any atom is 0.405 e. The van der Waals surface area contributed by atoms with Crippen LogP contribution in [0.3, 0.4) is 0 Å². The Morgan fingerprint density at radius 3 is 2.61 bits per heavy atom. The van der Waals surface area contributed by atoms with E-state index in [0.29, 0.717) is 12.1 Å². The van der Waals surface area contributed by atoms with Gasteiger partial charge in [-0.05, 0) is 39.2 Å². The van der Waals surface area contributed by atoms with Gasteiger partial charge < -0.3 is 30.8 Å². The van der Waals surface area contributed by atoms with Crippen LogP contribution < -0.4 is 21.3 Å². The normalized spacial score (nSPS) is 22.6. The first-order valence-electron chi connectivity index (χ1n) is 16.4. The van der Waals surface area contributed by atoms with Crippen molar-refractivity contribution in [2.24, 2.45) is 17.1 Å². The first-order valence-corrected chi connectivity index (χ1v) is 19.3. The summed E-state index contributed by atoms with van der Waals surface area (Å²) in [5.74, 6) is -0.430. The molecule has 3 aromatic rings. The van der Waals surface area contributed by atoms with Crippen LogP contribution in [0.2, 0.25) is 0 Å². The van der Waals surface area contributed by atoms with Gasteiger partial charge in [-0.2, -0.15) is 9.97 Å². The molecule has 282 valence electrons. The third-order valence-electron chi connectivity index (χ3n) is 8.08. The predicted octanol–water partition coefficient (Wildman–Crippen LogP) is 3.81. The molecule has 0 spiro atoms. The van der Waals surface area contributed by atoms with Crippen LogP contribution in [0.25, 0.3) is 11.2 Å². The lowest BCUT2D eigenvalue weighted by Gasteiger charge is -2.26. The van der Waals surface area contributed by atoms with Gasteiger partial charge in [0.05, 0.1) is 31.6 Å². The molecule has 1 aliphatic heterocycles. The highest BCUT2D eigenvalue weighted by molar-refractivity contribution is 8.13. The molecule has 2 aromatic heterocycles. The molecule has 1 fully saturated rings. The fourth-order valence-electron chi connectivity index (χ4n) is 4.92. The molecule has 1 aliphatic rings. The number of alkyl halides is 1. The number of carbonyl (C=O) groups is 2. The summed E-state index contributed by atoms with van der Waals surface area (Å²) in [6, 6.07) is 8.41. The number of aliphatic hydroxyl groups is 1. The number of nitrogens with zero attached hydrogens (tertiary/aromatic N) is 4. The zero-order valence-electron chi connectivity index (χ0n) is 29.5. The van der Waals surface area contributed by atoms with E-state index in [1.54, 1.807) is 41.5 Å². The molecule has 0 amide bonds. The molecule has 6 atom stereocenters. The van der Waals surface area contributed by atoms with Gasteiger partial charge in [0.25, 0.3) is 0 Å². The molecule has 0 aliphatic carbocycles. The summed E-state index contributed by atoms with van der Waals surface area (Å²) in [5.41, 5.74) is 12.2. The maximum atomic E-state index is 14.0. The van der Waals surface area contributed by atoms with Crippen LogP contribution >= 0.6 is 31.1 Å². The van der Waals surface area contributed by atoms with Crippen molar-refractivity contribution in [1.82, 2.24) is 24.6 Å². The van der Waals surface area contributed by atoms with E-state index in [0.717, 1.165) is 17.3 Å². The van der Waals surface area contributed by atoms with Crippen molar-refractivity contribution < 1.29 is 42.5 Å². The van der Waals surface area contributed by atoms with Crippen molar-refractivity contribution in [1.29, 1.82) is 0 Å². The first kappa shape index (κ1) is 40.9. The highest BCUT2D eigenvalue weighted by Gasteiger charge is 2.54. The van der Waals surface area contributed by atoms with Crippen LogP contribution in [0, 0.1) is 11.3 Å². The number of nitrogen functional groups attached to an aromatic ring is 1. The summed E-state index contributed by atoms with van der Waals surface area (Å²) in [7, 11) is -4.06. The van der Waals surface area contributed by atoms with E-state index in [4.69, 9.17) is 46.3 Å². The van der Waals surface area contributed by atoms with Gasteiger partial charge in [-0.3, -0.25) is 23.2 Å². The Morgan fingerprint density at radius 1 is 1.24 bits per heavy atom. The minimum absolute atomic E-state index is 0.0526. The van der Waals surface area contributed by atoms with Crippen molar-refractivity contribution in [3.8, 4) is 5.88 Å². The second-order valence-corrected chi connectivity index (χ2v) is 16.8. The van der Waals surface area contributed by atoms with Crippen molar-refractivity contribution in [3.05, 3.63) is 42.2 Å². The summed E-state index contributed by atoms with van der Waals surface area (Å²) in [5, 5.41) is 13.9. The van der Waals surface area contributed by atoms with E-state index in [-0.39, 0.29) is 60.6 Å². The Bertz CT molecular complexity index is 1700. The number of anilines is 1. The minimum Gasteiger partial charge on any atom is -0.476 e. The molecule has 1 saturated heterocycles.